The van der Waals surface area contributed by atoms with Gasteiger partial charge in [0.15, 0.2) is 6.61 Å². The maximum atomic E-state index is 12.4. The molecule has 1 aromatic carbocycles. The molecule has 8 nitrogen and oxygen atoms in total. The standard InChI is InChI=1S/C20H24N4O4/c1-2-14-5-3-4-6-17(14)28-13-19(26)21-15-9-11-24(12-10-15)20(27)16-7-8-18(25)23-22-16/h3-8,15H,2,9-13H2,1H3,(H,21,26)(H,23,25). The molecule has 2 heterocycles. The summed E-state index contributed by atoms with van der Waals surface area (Å²) in [5, 5.41) is 9.01. The number of H-pyrrole nitrogens is 1. The number of ether oxygens (including phenoxy) is 1. The van der Waals surface area contributed by atoms with Crippen molar-refractivity contribution in [3.63, 3.8) is 0 Å². The molecule has 0 aliphatic carbocycles. The molecule has 0 spiro atoms. The molecular weight excluding hydrogens is 360 g/mol. The fourth-order valence-electron chi connectivity index (χ4n) is 3.20. The van der Waals surface area contributed by atoms with Gasteiger partial charge in [0.2, 0.25) is 0 Å². The van der Waals surface area contributed by atoms with E-state index in [1.165, 1.54) is 12.1 Å². The average Bonchev–Trinajstić information content (AvgIpc) is 2.73. The summed E-state index contributed by atoms with van der Waals surface area (Å²) >= 11 is 0. The quantitative estimate of drug-likeness (QED) is 0.777. The predicted molar refractivity (Wildman–Crippen MR) is 103 cm³/mol. The van der Waals surface area contributed by atoms with Gasteiger partial charge in [-0.2, -0.15) is 5.10 Å². The number of aromatic amines is 1. The highest BCUT2D eigenvalue weighted by Crippen LogP contribution is 2.18. The normalized spacial score (nSPS) is 14.5. The summed E-state index contributed by atoms with van der Waals surface area (Å²) in [4.78, 5) is 37.3. The Bertz CT molecular complexity index is 867. The van der Waals surface area contributed by atoms with Crippen LogP contribution in [0.25, 0.3) is 0 Å². The van der Waals surface area contributed by atoms with Crippen LogP contribution in [-0.4, -0.2) is 52.6 Å². The van der Waals surface area contributed by atoms with Gasteiger partial charge in [-0.3, -0.25) is 14.4 Å². The molecule has 2 aromatic rings. The summed E-state index contributed by atoms with van der Waals surface area (Å²) in [6.07, 6.45) is 2.16. The summed E-state index contributed by atoms with van der Waals surface area (Å²) < 4.78 is 5.64. The number of likely N-dealkylation sites (tertiary alicyclic amines) is 1. The second kappa shape index (κ2) is 9.16. The topological polar surface area (TPSA) is 104 Å². The van der Waals surface area contributed by atoms with E-state index in [9.17, 15) is 14.4 Å². The zero-order chi connectivity index (χ0) is 19.9. The Balaban J connectivity index is 1.44. The van der Waals surface area contributed by atoms with Crippen molar-refractivity contribution in [2.45, 2.75) is 32.2 Å². The highest BCUT2D eigenvalue weighted by atomic mass is 16.5. The van der Waals surface area contributed by atoms with Crippen molar-refractivity contribution in [1.29, 1.82) is 0 Å². The van der Waals surface area contributed by atoms with E-state index in [0.717, 1.165) is 17.7 Å². The van der Waals surface area contributed by atoms with E-state index in [1.54, 1.807) is 4.90 Å². The Labute approximate surface area is 162 Å². The highest BCUT2D eigenvalue weighted by Gasteiger charge is 2.25. The number of nitrogens with zero attached hydrogens (tertiary/aromatic N) is 2. The summed E-state index contributed by atoms with van der Waals surface area (Å²) in [6, 6.07) is 10.4. The van der Waals surface area contributed by atoms with Crippen molar-refractivity contribution in [3.8, 4) is 5.75 Å². The molecule has 28 heavy (non-hydrogen) atoms. The Morgan fingerprint density at radius 3 is 2.64 bits per heavy atom. The zero-order valence-corrected chi connectivity index (χ0v) is 15.8. The second-order valence-corrected chi connectivity index (χ2v) is 6.69. The molecule has 1 fully saturated rings. The number of para-hydroxylation sites is 1. The van der Waals surface area contributed by atoms with Gasteiger partial charge in [0, 0.05) is 25.2 Å². The smallest absolute Gasteiger partial charge is 0.274 e. The summed E-state index contributed by atoms with van der Waals surface area (Å²) in [7, 11) is 0. The van der Waals surface area contributed by atoms with E-state index in [2.05, 4.69) is 15.5 Å². The van der Waals surface area contributed by atoms with Gasteiger partial charge in [0.25, 0.3) is 17.4 Å². The molecule has 0 radical (unpaired) electrons. The molecule has 3 rings (SSSR count). The number of aryl methyl sites for hydroxylation is 1. The van der Waals surface area contributed by atoms with Crippen LogP contribution in [0, 0.1) is 0 Å². The molecule has 2 amide bonds. The maximum Gasteiger partial charge on any atom is 0.274 e. The number of benzene rings is 1. The van der Waals surface area contributed by atoms with Crippen molar-refractivity contribution >= 4 is 11.8 Å². The van der Waals surface area contributed by atoms with E-state index in [0.29, 0.717) is 25.9 Å². The Morgan fingerprint density at radius 1 is 1.21 bits per heavy atom. The van der Waals surface area contributed by atoms with Gasteiger partial charge < -0.3 is 15.0 Å². The minimum atomic E-state index is -0.346. The molecule has 1 aromatic heterocycles. The number of piperidine rings is 1. The van der Waals surface area contributed by atoms with Crippen LogP contribution in [0.5, 0.6) is 5.75 Å². The summed E-state index contributed by atoms with van der Waals surface area (Å²) in [5.74, 6) is 0.340. The Hall–Kier alpha value is -3.16. The largest absolute Gasteiger partial charge is 0.483 e. The van der Waals surface area contributed by atoms with Crippen LogP contribution >= 0.6 is 0 Å². The van der Waals surface area contributed by atoms with Crippen LogP contribution in [0.15, 0.2) is 41.2 Å². The number of rotatable bonds is 6. The van der Waals surface area contributed by atoms with Crippen LogP contribution < -0.4 is 15.6 Å². The molecule has 0 saturated carbocycles. The Morgan fingerprint density at radius 2 is 1.96 bits per heavy atom. The number of nitrogens with one attached hydrogen (secondary N) is 2. The van der Waals surface area contributed by atoms with Gasteiger partial charge in [-0.1, -0.05) is 25.1 Å². The third-order valence-corrected chi connectivity index (χ3v) is 4.76. The summed E-state index contributed by atoms with van der Waals surface area (Å²) in [6.45, 7) is 3.05. The van der Waals surface area contributed by atoms with Crippen LogP contribution in [0.2, 0.25) is 0 Å². The van der Waals surface area contributed by atoms with Crippen LogP contribution in [0.1, 0.15) is 35.8 Å². The maximum absolute atomic E-state index is 12.4. The van der Waals surface area contributed by atoms with E-state index < -0.39 is 0 Å². The second-order valence-electron chi connectivity index (χ2n) is 6.69. The van der Waals surface area contributed by atoms with Gasteiger partial charge >= 0.3 is 0 Å². The Kier molecular flexibility index (Phi) is 6.41. The molecule has 1 aliphatic heterocycles. The number of aromatic nitrogens is 2. The monoisotopic (exact) mass is 384 g/mol. The average molecular weight is 384 g/mol. The fourth-order valence-corrected chi connectivity index (χ4v) is 3.20. The van der Waals surface area contributed by atoms with Crippen molar-refractivity contribution in [2.24, 2.45) is 0 Å². The number of carbonyl (C=O) groups is 2. The molecule has 1 saturated heterocycles. The first-order chi connectivity index (χ1) is 13.6. The predicted octanol–water partition coefficient (Wildman–Crippen LogP) is 1.13. The van der Waals surface area contributed by atoms with Crippen LogP contribution in [-0.2, 0) is 11.2 Å². The molecule has 0 bridgehead atoms. The van der Waals surface area contributed by atoms with Gasteiger partial charge in [-0.25, -0.2) is 5.10 Å². The lowest BCUT2D eigenvalue weighted by Crippen LogP contribution is -2.47. The third-order valence-electron chi connectivity index (χ3n) is 4.76. The molecule has 2 N–H and O–H groups in total. The van der Waals surface area contributed by atoms with Crippen LogP contribution in [0.4, 0.5) is 0 Å². The first-order valence-electron chi connectivity index (χ1n) is 9.42. The first kappa shape index (κ1) is 19.6. The SMILES string of the molecule is CCc1ccccc1OCC(=O)NC1CCN(C(=O)c2ccc(=O)[nH]n2)CC1. The minimum absolute atomic E-state index is 0.00473. The first-order valence-corrected chi connectivity index (χ1v) is 9.42. The molecule has 1 aliphatic rings. The van der Waals surface area contributed by atoms with Crippen molar-refractivity contribution in [3.05, 3.63) is 58.0 Å². The lowest BCUT2D eigenvalue weighted by molar-refractivity contribution is -0.124. The zero-order valence-electron chi connectivity index (χ0n) is 15.8. The van der Waals surface area contributed by atoms with E-state index in [-0.39, 0.29) is 35.7 Å². The van der Waals surface area contributed by atoms with E-state index >= 15 is 0 Å². The van der Waals surface area contributed by atoms with Gasteiger partial charge in [0.05, 0.1) is 0 Å². The molecule has 0 atom stereocenters. The van der Waals surface area contributed by atoms with Crippen molar-refractivity contribution in [2.75, 3.05) is 19.7 Å². The van der Waals surface area contributed by atoms with Crippen molar-refractivity contribution < 1.29 is 14.3 Å². The molecule has 0 unspecified atom stereocenters. The summed E-state index contributed by atoms with van der Waals surface area (Å²) in [5.41, 5.74) is 0.935. The van der Waals surface area contributed by atoms with Gasteiger partial charge in [-0.05, 0) is 37.0 Å². The number of amides is 2. The number of carbonyl (C=O) groups excluding carboxylic acids is 2. The minimum Gasteiger partial charge on any atom is -0.483 e. The molecule has 8 heteroatoms. The van der Waals surface area contributed by atoms with Crippen molar-refractivity contribution in [1.82, 2.24) is 20.4 Å². The number of hydrogen-bond donors (Lipinski definition) is 2. The van der Waals surface area contributed by atoms with Gasteiger partial charge in [0.1, 0.15) is 11.4 Å². The molecule has 148 valence electrons. The molecular formula is C20H24N4O4. The lowest BCUT2D eigenvalue weighted by atomic mass is 10.0. The van der Waals surface area contributed by atoms with Gasteiger partial charge in [-0.15, -0.1) is 0 Å². The lowest BCUT2D eigenvalue weighted by Gasteiger charge is -2.32. The van der Waals surface area contributed by atoms with Crippen LogP contribution in [0.3, 0.4) is 0 Å². The third kappa shape index (κ3) is 4.97. The van der Waals surface area contributed by atoms with E-state index in [4.69, 9.17) is 4.74 Å². The van der Waals surface area contributed by atoms with E-state index in [1.807, 2.05) is 31.2 Å². The fraction of sp³-hybridized carbons (Fsp3) is 0.400. The number of hydrogen-bond acceptors (Lipinski definition) is 5. The highest BCUT2D eigenvalue weighted by molar-refractivity contribution is 5.92.